The van der Waals surface area contributed by atoms with Gasteiger partial charge in [-0.3, -0.25) is 0 Å². The number of hydrogen-bond acceptors (Lipinski definition) is 2. The van der Waals surface area contributed by atoms with Gasteiger partial charge in [0, 0.05) is 4.88 Å². The maximum atomic E-state index is 5.46. The maximum Gasteiger partial charge on any atom is 0.110 e. The highest BCUT2D eigenvalue weighted by atomic mass is 32.1. The van der Waals surface area contributed by atoms with Crippen LogP contribution in [0.3, 0.4) is 0 Å². The molecule has 0 bridgehead atoms. The van der Waals surface area contributed by atoms with Crippen LogP contribution in [0.25, 0.3) is 0 Å². The van der Waals surface area contributed by atoms with Crippen molar-refractivity contribution in [3.8, 4) is 0 Å². The minimum Gasteiger partial charge on any atom is -0.365 e. The third-order valence-corrected chi connectivity index (χ3v) is 2.37. The lowest BCUT2D eigenvalue weighted by atomic mass is 10.3. The molecule has 1 nitrogen and oxygen atoms in total. The van der Waals surface area contributed by atoms with Gasteiger partial charge in [0.1, 0.15) is 6.10 Å². The summed E-state index contributed by atoms with van der Waals surface area (Å²) in [5.74, 6) is 0. The molecule has 0 fully saturated rings. The molecule has 0 amide bonds. The quantitative estimate of drug-likeness (QED) is 0.632. The Bertz CT molecular complexity index is 238. The summed E-state index contributed by atoms with van der Waals surface area (Å²) in [5, 5.41) is 2.03. The molecule has 1 rings (SSSR count). The summed E-state index contributed by atoms with van der Waals surface area (Å²) >= 11 is 1.68. The minimum absolute atomic E-state index is 0.0167. The van der Waals surface area contributed by atoms with Gasteiger partial charge < -0.3 is 4.74 Å². The molecule has 0 saturated heterocycles. The highest BCUT2D eigenvalue weighted by Crippen LogP contribution is 2.22. The monoisotopic (exact) mass is 180 g/mol. The molecule has 2 heteroatoms. The van der Waals surface area contributed by atoms with Gasteiger partial charge in [-0.05, 0) is 11.4 Å². The Balaban J connectivity index is 2.56. The molecule has 12 heavy (non-hydrogen) atoms. The van der Waals surface area contributed by atoms with Gasteiger partial charge in [0.25, 0.3) is 0 Å². The van der Waals surface area contributed by atoms with Gasteiger partial charge in [0.2, 0.25) is 0 Å². The summed E-state index contributed by atoms with van der Waals surface area (Å²) in [6.45, 7) is 7.87. The number of rotatable bonds is 5. The fourth-order valence-corrected chi connectivity index (χ4v) is 1.66. The molecule has 0 saturated carbocycles. The van der Waals surface area contributed by atoms with Crippen molar-refractivity contribution < 1.29 is 4.74 Å². The second-order valence-electron chi connectivity index (χ2n) is 2.29. The molecule has 1 aromatic heterocycles. The third-order valence-electron chi connectivity index (χ3n) is 1.43. The molecule has 0 aliphatic heterocycles. The topological polar surface area (TPSA) is 9.23 Å². The SMILES string of the molecule is C=CCOC(C=C)c1cccs1. The lowest BCUT2D eigenvalue weighted by Gasteiger charge is -2.09. The van der Waals surface area contributed by atoms with E-state index in [0.29, 0.717) is 6.61 Å². The second kappa shape index (κ2) is 4.91. The smallest absolute Gasteiger partial charge is 0.110 e. The average molecular weight is 180 g/mol. The maximum absolute atomic E-state index is 5.46. The second-order valence-corrected chi connectivity index (χ2v) is 3.27. The van der Waals surface area contributed by atoms with Crippen LogP contribution in [-0.2, 0) is 4.74 Å². The van der Waals surface area contributed by atoms with Crippen LogP contribution >= 0.6 is 11.3 Å². The van der Waals surface area contributed by atoms with Crippen molar-refractivity contribution in [2.75, 3.05) is 6.61 Å². The van der Waals surface area contributed by atoms with Gasteiger partial charge in [-0.15, -0.1) is 24.5 Å². The van der Waals surface area contributed by atoms with Crippen molar-refractivity contribution >= 4 is 11.3 Å². The molecule has 0 radical (unpaired) electrons. The largest absolute Gasteiger partial charge is 0.365 e. The highest BCUT2D eigenvalue weighted by Gasteiger charge is 2.06. The molecule has 0 N–H and O–H groups in total. The zero-order chi connectivity index (χ0) is 8.81. The first-order valence-electron chi connectivity index (χ1n) is 3.77. The van der Waals surface area contributed by atoms with E-state index in [1.807, 2.05) is 17.5 Å². The molecular weight excluding hydrogens is 168 g/mol. The molecule has 1 aromatic rings. The van der Waals surface area contributed by atoms with Crippen LogP contribution < -0.4 is 0 Å². The Morgan fingerprint density at radius 1 is 1.58 bits per heavy atom. The zero-order valence-corrected chi connectivity index (χ0v) is 7.72. The first kappa shape index (κ1) is 9.23. The summed E-state index contributed by atoms with van der Waals surface area (Å²) in [5.41, 5.74) is 0. The van der Waals surface area contributed by atoms with Gasteiger partial charge in [-0.25, -0.2) is 0 Å². The zero-order valence-electron chi connectivity index (χ0n) is 6.90. The molecule has 0 aromatic carbocycles. The summed E-state index contributed by atoms with van der Waals surface area (Å²) in [7, 11) is 0. The first-order valence-corrected chi connectivity index (χ1v) is 4.65. The highest BCUT2D eigenvalue weighted by molar-refractivity contribution is 7.10. The van der Waals surface area contributed by atoms with E-state index in [1.165, 1.54) is 4.88 Å². The van der Waals surface area contributed by atoms with Crippen LogP contribution in [0.1, 0.15) is 11.0 Å². The van der Waals surface area contributed by atoms with E-state index < -0.39 is 0 Å². The van der Waals surface area contributed by atoms with Crippen molar-refractivity contribution in [1.82, 2.24) is 0 Å². The average Bonchev–Trinajstić information content (AvgIpc) is 2.59. The molecule has 0 spiro atoms. The first-order chi connectivity index (χ1) is 5.88. The Morgan fingerprint density at radius 2 is 2.42 bits per heavy atom. The van der Waals surface area contributed by atoms with Crippen LogP contribution in [-0.4, -0.2) is 6.61 Å². The van der Waals surface area contributed by atoms with E-state index in [1.54, 1.807) is 23.5 Å². The fourth-order valence-electron chi connectivity index (χ4n) is 0.891. The molecule has 1 atom stereocenters. The predicted octanol–water partition coefficient (Wildman–Crippen LogP) is 3.18. The molecule has 64 valence electrons. The Labute approximate surface area is 77.0 Å². The van der Waals surface area contributed by atoms with E-state index in [0.717, 1.165) is 0 Å². The van der Waals surface area contributed by atoms with Crippen molar-refractivity contribution in [2.24, 2.45) is 0 Å². The predicted molar refractivity (Wildman–Crippen MR) is 53.4 cm³/mol. The number of thiophene rings is 1. The Hall–Kier alpha value is -0.860. The van der Waals surface area contributed by atoms with Gasteiger partial charge in [0.15, 0.2) is 0 Å². The molecule has 1 unspecified atom stereocenters. The van der Waals surface area contributed by atoms with E-state index in [-0.39, 0.29) is 6.10 Å². The van der Waals surface area contributed by atoms with Crippen LogP contribution in [0.15, 0.2) is 42.8 Å². The molecular formula is C10H12OS. The van der Waals surface area contributed by atoms with Crippen LogP contribution in [0.2, 0.25) is 0 Å². The summed E-state index contributed by atoms with van der Waals surface area (Å²) in [4.78, 5) is 1.19. The molecule has 0 aliphatic rings. The summed E-state index contributed by atoms with van der Waals surface area (Å²) in [6, 6.07) is 4.05. The normalized spacial score (nSPS) is 12.3. The lowest BCUT2D eigenvalue weighted by molar-refractivity contribution is 0.113. The lowest BCUT2D eigenvalue weighted by Crippen LogP contribution is -1.98. The van der Waals surface area contributed by atoms with Crippen LogP contribution in [0.4, 0.5) is 0 Å². The van der Waals surface area contributed by atoms with E-state index in [9.17, 15) is 0 Å². The summed E-state index contributed by atoms with van der Waals surface area (Å²) in [6.07, 6.45) is 3.56. The Kier molecular flexibility index (Phi) is 3.77. The van der Waals surface area contributed by atoms with E-state index >= 15 is 0 Å². The fraction of sp³-hybridized carbons (Fsp3) is 0.200. The van der Waals surface area contributed by atoms with Crippen molar-refractivity contribution in [2.45, 2.75) is 6.10 Å². The van der Waals surface area contributed by atoms with E-state index in [4.69, 9.17) is 4.74 Å². The number of hydrogen-bond donors (Lipinski definition) is 0. The molecule has 1 heterocycles. The van der Waals surface area contributed by atoms with Crippen LogP contribution in [0.5, 0.6) is 0 Å². The Morgan fingerprint density at radius 3 is 2.92 bits per heavy atom. The number of ether oxygens (including phenoxy) is 1. The summed E-state index contributed by atoms with van der Waals surface area (Å²) < 4.78 is 5.46. The van der Waals surface area contributed by atoms with Crippen molar-refractivity contribution in [3.05, 3.63) is 47.7 Å². The minimum atomic E-state index is 0.0167. The third kappa shape index (κ3) is 2.32. The molecule has 0 aliphatic carbocycles. The van der Waals surface area contributed by atoms with Crippen molar-refractivity contribution in [1.29, 1.82) is 0 Å². The van der Waals surface area contributed by atoms with Gasteiger partial charge in [-0.2, -0.15) is 0 Å². The van der Waals surface area contributed by atoms with Gasteiger partial charge in [-0.1, -0.05) is 18.2 Å². The van der Waals surface area contributed by atoms with Crippen molar-refractivity contribution in [3.63, 3.8) is 0 Å². The van der Waals surface area contributed by atoms with Crippen LogP contribution in [0, 0.1) is 0 Å². The van der Waals surface area contributed by atoms with Gasteiger partial charge >= 0.3 is 0 Å². The van der Waals surface area contributed by atoms with Gasteiger partial charge in [0.05, 0.1) is 6.61 Å². The standard InChI is InChI=1S/C10H12OS/c1-3-7-11-9(4-2)10-6-5-8-12-10/h3-6,8-9H,1-2,7H2. The van der Waals surface area contributed by atoms with E-state index in [2.05, 4.69) is 13.2 Å².